The van der Waals surface area contributed by atoms with Crippen LogP contribution in [0.4, 0.5) is 10.8 Å². The highest BCUT2D eigenvalue weighted by molar-refractivity contribution is 7.89. The molecule has 1 aliphatic rings. The second-order valence-corrected chi connectivity index (χ2v) is 10.5. The molecule has 1 N–H and O–H groups in total. The quantitative estimate of drug-likeness (QED) is 0.568. The van der Waals surface area contributed by atoms with Gasteiger partial charge in [-0.05, 0) is 42.0 Å². The molecule has 2 heterocycles. The van der Waals surface area contributed by atoms with Gasteiger partial charge in [-0.2, -0.15) is 8.68 Å². The lowest BCUT2D eigenvalue weighted by molar-refractivity contribution is -0.114. The van der Waals surface area contributed by atoms with Gasteiger partial charge < -0.3 is 10.2 Å². The predicted molar refractivity (Wildman–Crippen MR) is 126 cm³/mol. The van der Waals surface area contributed by atoms with Crippen molar-refractivity contribution in [2.24, 2.45) is 0 Å². The van der Waals surface area contributed by atoms with Crippen LogP contribution in [0.5, 0.6) is 0 Å². The van der Waals surface area contributed by atoms with Gasteiger partial charge in [-0.15, -0.1) is 0 Å². The molecule has 1 aliphatic heterocycles. The Morgan fingerprint density at radius 1 is 1.06 bits per heavy atom. The van der Waals surface area contributed by atoms with Gasteiger partial charge in [0.25, 0.3) is 0 Å². The molecule has 0 radical (unpaired) electrons. The molecule has 1 amide bonds. The van der Waals surface area contributed by atoms with E-state index in [0.29, 0.717) is 43.3 Å². The van der Waals surface area contributed by atoms with Gasteiger partial charge in [-0.3, -0.25) is 4.79 Å². The van der Waals surface area contributed by atoms with Crippen molar-refractivity contribution in [3.8, 4) is 0 Å². The summed E-state index contributed by atoms with van der Waals surface area (Å²) in [4.78, 5) is 18.0. The minimum Gasteiger partial charge on any atom is -0.344 e. The minimum absolute atomic E-state index is 0.204. The summed E-state index contributed by atoms with van der Waals surface area (Å²) >= 11 is 7.26. The number of carbonyl (C=O) groups excluding carboxylic acids is 1. The Kier molecular flexibility index (Phi) is 6.75. The number of rotatable bonds is 6. The molecule has 1 fully saturated rings. The highest BCUT2D eigenvalue weighted by Gasteiger charge is 2.29. The second-order valence-electron chi connectivity index (χ2n) is 7.39. The van der Waals surface area contributed by atoms with Gasteiger partial charge in [0.2, 0.25) is 21.1 Å². The maximum absolute atomic E-state index is 13.0. The molecule has 32 heavy (non-hydrogen) atoms. The maximum atomic E-state index is 13.0. The van der Waals surface area contributed by atoms with Crippen LogP contribution in [0.1, 0.15) is 18.3 Å². The molecular formula is C21H22ClN5O3S2. The van der Waals surface area contributed by atoms with Crippen molar-refractivity contribution in [1.29, 1.82) is 0 Å². The van der Waals surface area contributed by atoms with Gasteiger partial charge >= 0.3 is 0 Å². The van der Waals surface area contributed by atoms with Gasteiger partial charge in [0.05, 0.1) is 4.90 Å². The molecule has 1 aromatic heterocycles. The van der Waals surface area contributed by atoms with Crippen LogP contribution in [0.2, 0.25) is 5.02 Å². The SMILES string of the molecule is CC(=O)Nc1ccc(S(=O)(=O)N2CCN(c3nc(Cc4ccc(Cl)cc4)ns3)CC2)cc1. The summed E-state index contributed by atoms with van der Waals surface area (Å²) in [5.74, 6) is 0.534. The Hall–Kier alpha value is -2.53. The van der Waals surface area contributed by atoms with Crippen LogP contribution in [0, 0.1) is 0 Å². The van der Waals surface area contributed by atoms with Crippen molar-refractivity contribution < 1.29 is 13.2 Å². The van der Waals surface area contributed by atoms with E-state index in [1.165, 1.54) is 34.9 Å². The summed E-state index contributed by atoms with van der Waals surface area (Å²) in [5, 5.41) is 4.12. The number of nitrogens with zero attached hydrogens (tertiary/aromatic N) is 4. The molecular weight excluding hydrogens is 470 g/mol. The number of benzene rings is 2. The molecule has 0 atom stereocenters. The topological polar surface area (TPSA) is 95.5 Å². The Labute approximate surface area is 196 Å². The number of aromatic nitrogens is 2. The maximum Gasteiger partial charge on any atom is 0.243 e. The first kappa shape index (κ1) is 22.7. The largest absolute Gasteiger partial charge is 0.344 e. The fourth-order valence-corrected chi connectivity index (χ4v) is 5.70. The molecule has 1 saturated heterocycles. The average Bonchev–Trinajstić information content (AvgIpc) is 3.24. The molecule has 11 heteroatoms. The van der Waals surface area contributed by atoms with Crippen LogP contribution in [0.15, 0.2) is 53.4 Å². The highest BCUT2D eigenvalue weighted by atomic mass is 35.5. The summed E-state index contributed by atoms with van der Waals surface area (Å²) < 4.78 is 31.9. The zero-order valence-corrected chi connectivity index (χ0v) is 19.8. The molecule has 3 aromatic rings. The summed E-state index contributed by atoms with van der Waals surface area (Å²) in [5.41, 5.74) is 1.64. The number of anilines is 2. The average molecular weight is 492 g/mol. The van der Waals surface area contributed by atoms with Crippen LogP contribution in [-0.4, -0.2) is 54.2 Å². The Morgan fingerprint density at radius 3 is 2.34 bits per heavy atom. The van der Waals surface area contributed by atoms with E-state index >= 15 is 0 Å². The van der Waals surface area contributed by atoms with Gasteiger partial charge in [0.1, 0.15) is 5.82 Å². The zero-order chi connectivity index (χ0) is 22.7. The van der Waals surface area contributed by atoms with E-state index in [4.69, 9.17) is 11.6 Å². The number of carbonyl (C=O) groups is 1. The number of sulfonamides is 1. The van der Waals surface area contributed by atoms with Crippen molar-refractivity contribution >= 4 is 49.9 Å². The smallest absolute Gasteiger partial charge is 0.243 e. The van der Waals surface area contributed by atoms with E-state index in [-0.39, 0.29) is 10.8 Å². The number of hydrogen-bond donors (Lipinski definition) is 1. The summed E-state index contributed by atoms with van der Waals surface area (Å²) in [6.45, 7) is 3.21. The van der Waals surface area contributed by atoms with Gasteiger partial charge in [-0.25, -0.2) is 13.4 Å². The molecule has 8 nitrogen and oxygen atoms in total. The van der Waals surface area contributed by atoms with Crippen molar-refractivity contribution in [2.75, 3.05) is 36.4 Å². The van der Waals surface area contributed by atoms with Gasteiger partial charge in [0.15, 0.2) is 0 Å². The normalized spacial score (nSPS) is 15.0. The molecule has 0 saturated carbocycles. The third-order valence-electron chi connectivity index (χ3n) is 5.05. The third-order valence-corrected chi connectivity index (χ3v) is 8.03. The molecule has 2 aromatic carbocycles. The van der Waals surface area contributed by atoms with Crippen molar-refractivity contribution in [3.05, 3.63) is 64.9 Å². The van der Waals surface area contributed by atoms with Gasteiger partial charge in [0, 0.05) is 61.8 Å². The standard InChI is InChI=1S/C21H22ClN5O3S2/c1-15(28)23-18-6-8-19(9-7-18)32(29,30)27-12-10-26(11-13-27)21-24-20(25-31-21)14-16-2-4-17(22)5-3-16/h2-9H,10-14H2,1H3,(H,23,28). The molecule has 0 unspecified atom stereocenters. The zero-order valence-electron chi connectivity index (χ0n) is 17.4. The van der Waals surface area contributed by atoms with Crippen molar-refractivity contribution in [2.45, 2.75) is 18.2 Å². The Morgan fingerprint density at radius 2 is 1.72 bits per heavy atom. The molecule has 0 aliphatic carbocycles. The number of piperazine rings is 1. The first-order chi connectivity index (χ1) is 15.3. The number of hydrogen-bond acceptors (Lipinski definition) is 7. The number of amides is 1. The minimum atomic E-state index is -3.60. The number of halogens is 1. The lowest BCUT2D eigenvalue weighted by Gasteiger charge is -2.33. The predicted octanol–water partition coefficient (Wildman–Crippen LogP) is 3.25. The van der Waals surface area contributed by atoms with Crippen LogP contribution in [0.25, 0.3) is 0 Å². The van der Waals surface area contributed by atoms with E-state index < -0.39 is 10.0 Å². The molecule has 0 spiro atoms. The van der Waals surface area contributed by atoms with Crippen LogP contribution in [-0.2, 0) is 21.2 Å². The Balaban J connectivity index is 1.37. The Bertz CT molecular complexity index is 1190. The fraction of sp³-hybridized carbons (Fsp3) is 0.286. The lowest BCUT2D eigenvalue weighted by atomic mass is 10.1. The first-order valence-corrected chi connectivity index (χ1v) is 12.6. The molecule has 168 valence electrons. The van der Waals surface area contributed by atoms with E-state index in [1.807, 2.05) is 24.3 Å². The van der Waals surface area contributed by atoms with Crippen LogP contribution in [0.3, 0.4) is 0 Å². The number of nitrogens with one attached hydrogen (secondary N) is 1. The molecule has 4 rings (SSSR count). The second kappa shape index (κ2) is 9.53. The summed E-state index contributed by atoms with van der Waals surface area (Å²) in [6.07, 6.45) is 0.622. The van der Waals surface area contributed by atoms with Crippen LogP contribution < -0.4 is 10.2 Å². The third kappa shape index (κ3) is 5.26. The van der Waals surface area contributed by atoms with E-state index in [9.17, 15) is 13.2 Å². The van der Waals surface area contributed by atoms with Crippen molar-refractivity contribution in [3.63, 3.8) is 0 Å². The van der Waals surface area contributed by atoms with Gasteiger partial charge in [-0.1, -0.05) is 23.7 Å². The fourth-order valence-electron chi connectivity index (χ4n) is 3.41. The van der Waals surface area contributed by atoms with Crippen LogP contribution >= 0.6 is 23.1 Å². The summed E-state index contributed by atoms with van der Waals surface area (Å²) in [6, 6.07) is 13.8. The van der Waals surface area contributed by atoms with Crippen molar-refractivity contribution in [1.82, 2.24) is 13.7 Å². The van der Waals surface area contributed by atoms with E-state index in [0.717, 1.165) is 16.5 Å². The summed E-state index contributed by atoms with van der Waals surface area (Å²) in [7, 11) is -3.60. The highest BCUT2D eigenvalue weighted by Crippen LogP contribution is 2.24. The monoisotopic (exact) mass is 491 g/mol. The lowest BCUT2D eigenvalue weighted by Crippen LogP contribution is -2.48. The van der Waals surface area contributed by atoms with E-state index in [1.54, 1.807) is 12.1 Å². The van der Waals surface area contributed by atoms with E-state index in [2.05, 4.69) is 19.6 Å². The first-order valence-electron chi connectivity index (χ1n) is 10.0. The molecule has 0 bridgehead atoms.